The second-order valence-electron chi connectivity index (χ2n) is 9.66. The van der Waals surface area contributed by atoms with Crippen LogP contribution in [0, 0.1) is 18.3 Å². The molecule has 0 bridgehead atoms. The quantitative estimate of drug-likeness (QED) is 0.227. The smallest absolute Gasteiger partial charge is 0.323 e. The van der Waals surface area contributed by atoms with Crippen LogP contribution in [0.25, 0.3) is 11.1 Å². The van der Waals surface area contributed by atoms with Crippen molar-refractivity contribution in [2.75, 3.05) is 18.6 Å². The number of hydrogen-bond acceptors (Lipinski definition) is 6. The number of carboxylic acids is 1. The zero-order valence-corrected chi connectivity index (χ0v) is 22.7. The van der Waals surface area contributed by atoms with Crippen LogP contribution in [0.4, 0.5) is 5.69 Å². The fourth-order valence-corrected chi connectivity index (χ4v) is 4.55. The van der Waals surface area contributed by atoms with Crippen LogP contribution < -0.4 is 15.0 Å². The van der Waals surface area contributed by atoms with Gasteiger partial charge in [0.05, 0.1) is 18.2 Å². The number of ether oxygens (including phenoxy) is 1. The molecule has 0 aliphatic heterocycles. The predicted molar refractivity (Wildman–Crippen MR) is 156 cm³/mol. The summed E-state index contributed by atoms with van der Waals surface area (Å²) in [5.41, 5.74) is 7.91. The topological polar surface area (TPSA) is 106 Å². The van der Waals surface area contributed by atoms with Crippen molar-refractivity contribution >= 4 is 11.7 Å². The Morgan fingerprint density at radius 1 is 1.00 bits per heavy atom. The fraction of sp³-hybridized carbons (Fsp3) is 0.212. The first-order chi connectivity index (χ1) is 19.4. The first-order valence-electron chi connectivity index (χ1n) is 13.1. The molecule has 0 saturated carbocycles. The maximum Gasteiger partial charge on any atom is 0.323 e. The standard InChI is InChI=1S/C33H33N3O4/c1-23-28(12-7-13-30(23)26-10-4-3-5-11-26)20-36(2)29-15-14-27(19-35-31(21-37)33(38)39)32(17-29)40-22-25-9-6-8-24(16-25)18-34/h3-17,31,35,37H,19-22H2,1-2H3,(H,38,39)/t31-/m1/s1. The van der Waals surface area contributed by atoms with Crippen molar-refractivity contribution in [3.05, 3.63) is 119 Å². The number of carboxylic acid groups (broad SMARTS) is 1. The molecule has 0 aliphatic rings. The number of rotatable bonds is 12. The maximum absolute atomic E-state index is 11.4. The Bertz CT molecular complexity index is 1500. The molecule has 0 aliphatic carbocycles. The van der Waals surface area contributed by atoms with Gasteiger partial charge in [0.2, 0.25) is 0 Å². The average Bonchev–Trinajstić information content (AvgIpc) is 2.98. The highest BCUT2D eigenvalue weighted by molar-refractivity contribution is 5.73. The van der Waals surface area contributed by atoms with E-state index in [2.05, 4.69) is 53.5 Å². The van der Waals surface area contributed by atoms with E-state index in [9.17, 15) is 20.3 Å². The Morgan fingerprint density at radius 2 is 1.77 bits per heavy atom. The molecule has 0 radical (unpaired) electrons. The number of aliphatic hydroxyl groups is 1. The largest absolute Gasteiger partial charge is 0.488 e. The second-order valence-corrected chi connectivity index (χ2v) is 9.66. The minimum absolute atomic E-state index is 0.202. The third-order valence-corrected chi connectivity index (χ3v) is 6.90. The van der Waals surface area contributed by atoms with Gasteiger partial charge in [-0.3, -0.25) is 10.1 Å². The van der Waals surface area contributed by atoms with E-state index in [1.165, 1.54) is 22.3 Å². The highest BCUT2D eigenvalue weighted by Crippen LogP contribution is 2.30. The number of nitrogens with zero attached hydrogens (tertiary/aromatic N) is 2. The summed E-state index contributed by atoms with van der Waals surface area (Å²) in [6.07, 6.45) is 0. The summed E-state index contributed by atoms with van der Waals surface area (Å²) in [4.78, 5) is 13.5. The highest BCUT2D eigenvalue weighted by atomic mass is 16.5. The molecule has 0 spiro atoms. The van der Waals surface area contributed by atoms with Gasteiger partial charge in [0.1, 0.15) is 18.4 Å². The first-order valence-corrected chi connectivity index (χ1v) is 13.1. The van der Waals surface area contributed by atoms with Crippen molar-refractivity contribution in [2.45, 2.75) is 32.7 Å². The molecule has 0 heterocycles. The summed E-state index contributed by atoms with van der Waals surface area (Å²) >= 11 is 0. The van der Waals surface area contributed by atoms with Gasteiger partial charge in [0.25, 0.3) is 0 Å². The van der Waals surface area contributed by atoms with Crippen LogP contribution >= 0.6 is 0 Å². The highest BCUT2D eigenvalue weighted by Gasteiger charge is 2.17. The van der Waals surface area contributed by atoms with E-state index in [-0.39, 0.29) is 13.2 Å². The van der Waals surface area contributed by atoms with Gasteiger partial charge >= 0.3 is 5.97 Å². The predicted octanol–water partition coefficient (Wildman–Crippen LogP) is 5.28. The zero-order valence-electron chi connectivity index (χ0n) is 22.7. The molecule has 4 aromatic carbocycles. The van der Waals surface area contributed by atoms with Crippen LogP contribution in [0.2, 0.25) is 0 Å². The third-order valence-electron chi connectivity index (χ3n) is 6.90. The van der Waals surface area contributed by atoms with E-state index in [1.54, 1.807) is 12.1 Å². The minimum Gasteiger partial charge on any atom is -0.488 e. The summed E-state index contributed by atoms with van der Waals surface area (Å²) < 4.78 is 6.20. The van der Waals surface area contributed by atoms with Gasteiger partial charge < -0.3 is 19.8 Å². The van der Waals surface area contributed by atoms with E-state index >= 15 is 0 Å². The van der Waals surface area contributed by atoms with Crippen molar-refractivity contribution < 1.29 is 19.7 Å². The molecule has 1 atom stereocenters. The monoisotopic (exact) mass is 535 g/mol. The number of nitrogens with one attached hydrogen (secondary N) is 1. The Kier molecular flexibility index (Phi) is 9.53. The lowest BCUT2D eigenvalue weighted by molar-refractivity contribution is -0.140. The Hall–Kier alpha value is -4.64. The van der Waals surface area contributed by atoms with Crippen LogP contribution in [0.1, 0.15) is 27.8 Å². The molecule has 0 fully saturated rings. The SMILES string of the molecule is Cc1c(CN(C)c2ccc(CN[C@H](CO)C(=O)O)c(OCc3cccc(C#N)c3)c2)cccc1-c1ccccc1. The van der Waals surface area contributed by atoms with Gasteiger partial charge in [-0.2, -0.15) is 5.26 Å². The van der Waals surface area contributed by atoms with Crippen molar-refractivity contribution in [3.63, 3.8) is 0 Å². The maximum atomic E-state index is 11.4. The molecular formula is C33H33N3O4. The molecule has 0 unspecified atom stereocenters. The van der Waals surface area contributed by atoms with Crippen LogP contribution in [0.5, 0.6) is 5.75 Å². The van der Waals surface area contributed by atoms with Crippen molar-refractivity contribution in [3.8, 4) is 22.9 Å². The number of carbonyl (C=O) groups is 1. The Balaban J connectivity index is 1.58. The van der Waals surface area contributed by atoms with Crippen LogP contribution in [0.3, 0.4) is 0 Å². The summed E-state index contributed by atoms with van der Waals surface area (Å²) in [5, 5.41) is 30.8. The first kappa shape index (κ1) is 28.4. The van der Waals surface area contributed by atoms with E-state index < -0.39 is 18.6 Å². The zero-order chi connectivity index (χ0) is 28.5. The number of aliphatic hydroxyl groups excluding tert-OH is 1. The molecule has 7 nitrogen and oxygen atoms in total. The number of hydrogen-bond donors (Lipinski definition) is 3. The lowest BCUT2D eigenvalue weighted by Gasteiger charge is -2.23. The van der Waals surface area contributed by atoms with Gasteiger partial charge in [0, 0.05) is 37.5 Å². The number of anilines is 1. The van der Waals surface area contributed by atoms with Gasteiger partial charge in [-0.05, 0) is 52.9 Å². The van der Waals surface area contributed by atoms with Crippen LogP contribution in [-0.2, 0) is 24.5 Å². The molecule has 0 aromatic heterocycles. The van der Waals surface area contributed by atoms with E-state index in [0.717, 1.165) is 16.8 Å². The molecule has 40 heavy (non-hydrogen) atoms. The molecular weight excluding hydrogens is 502 g/mol. The van der Waals surface area contributed by atoms with Crippen molar-refractivity contribution in [2.24, 2.45) is 0 Å². The van der Waals surface area contributed by atoms with E-state index in [1.807, 2.05) is 55.6 Å². The number of aliphatic carboxylic acids is 1. The number of benzene rings is 4. The fourth-order valence-electron chi connectivity index (χ4n) is 4.55. The van der Waals surface area contributed by atoms with Gasteiger partial charge in [0.15, 0.2) is 0 Å². The van der Waals surface area contributed by atoms with E-state index in [4.69, 9.17) is 4.74 Å². The molecule has 0 saturated heterocycles. The second kappa shape index (κ2) is 13.4. The van der Waals surface area contributed by atoms with Gasteiger partial charge in [-0.25, -0.2) is 0 Å². The average molecular weight is 536 g/mol. The summed E-state index contributed by atoms with van der Waals surface area (Å²) in [5.74, 6) is -0.529. The molecule has 4 aromatic rings. The van der Waals surface area contributed by atoms with Crippen LogP contribution in [0.15, 0.2) is 91.0 Å². The lowest BCUT2D eigenvalue weighted by atomic mass is 9.96. The minimum atomic E-state index is -1.12. The van der Waals surface area contributed by atoms with Gasteiger partial charge in [-0.1, -0.05) is 66.7 Å². The van der Waals surface area contributed by atoms with Crippen molar-refractivity contribution in [1.82, 2.24) is 5.32 Å². The molecule has 4 rings (SSSR count). The third kappa shape index (κ3) is 7.06. The Morgan fingerprint density at radius 3 is 2.50 bits per heavy atom. The summed E-state index contributed by atoms with van der Waals surface area (Å²) in [7, 11) is 2.02. The summed E-state index contributed by atoms with van der Waals surface area (Å²) in [6.45, 7) is 2.75. The van der Waals surface area contributed by atoms with Crippen molar-refractivity contribution in [1.29, 1.82) is 5.26 Å². The molecule has 0 amide bonds. The molecule has 7 heteroatoms. The van der Waals surface area contributed by atoms with Gasteiger partial charge in [-0.15, -0.1) is 0 Å². The lowest BCUT2D eigenvalue weighted by Crippen LogP contribution is -2.39. The molecule has 3 N–H and O–H groups in total. The normalized spacial score (nSPS) is 11.4. The Labute approximate surface area is 234 Å². The number of nitriles is 1. The van der Waals surface area contributed by atoms with E-state index in [0.29, 0.717) is 17.9 Å². The summed E-state index contributed by atoms with van der Waals surface area (Å²) in [6, 6.07) is 30.8. The van der Waals surface area contributed by atoms with Crippen LogP contribution in [-0.4, -0.2) is 35.9 Å². The molecule has 204 valence electrons.